The number of nitrogens with zero attached hydrogens (tertiary/aromatic N) is 1. The Morgan fingerprint density at radius 2 is 1.79 bits per heavy atom. The van der Waals surface area contributed by atoms with Crippen LogP contribution in [0.2, 0.25) is 0 Å². The summed E-state index contributed by atoms with van der Waals surface area (Å²) in [7, 11) is 1.56. The molecule has 0 saturated carbocycles. The van der Waals surface area contributed by atoms with Crippen molar-refractivity contribution >= 4 is 17.6 Å². The third kappa shape index (κ3) is 2.76. The minimum atomic E-state index is -0.197. The van der Waals surface area contributed by atoms with Crippen LogP contribution >= 0.6 is 0 Å². The lowest BCUT2D eigenvalue weighted by atomic mass is 10.0. The molecule has 4 nitrogen and oxygen atoms in total. The molecule has 0 aliphatic heterocycles. The molecule has 94 valence electrons. The molecule has 4 heteroatoms. The van der Waals surface area contributed by atoms with E-state index < -0.39 is 0 Å². The lowest BCUT2D eigenvalue weighted by Crippen LogP contribution is -2.01. The Kier molecular flexibility index (Phi) is 3.86. The number of isocyanates is 1. The fourth-order valence-electron chi connectivity index (χ4n) is 1.71. The fourth-order valence-corrected chi connectivity index (χ4v) is 1.71. The molecule has 0 spiro atoms. The van der Waals surface area contributed by atoms with Crippen molar-refractivity contribution in [2.24, 2.45) is 4.99 Å². The van der Waals surface area contributed by atoms with Gasteiger partial charge in [0.2, 0.25) is 6.08 Å². The van der Waals surface area contributed by atoms with Gasteiger partial charge in [-0.1, -0.05) is 12.1 Å². The zero-order valence-electron chi connectivity index (χ0n) is 10.3. The van der Waals surface area contributed by atoms with Crippen molar-refractivity contribution in [1.29, 1.82) is 0 Å². The summed E-state index contributed by atoms with van der Waals surface area (Å²) in [6, 6.07) is 13.4. The van der Waals surface area contributed by atoms with Gasteiger partial charge in [0.25, 0.3) is 0 Å². The zero-order chi connectivity index (χ0) is 13.7. The van der Waals surface area contributed by atoms with E-state index in [4.69, 9.17) is 4.74 Å². The van der Waals surface area contributed by atoms with Crippen LogP contribution in [0.15, 0.2) is 53.5 Å². The van der Waals surface area contributed by atoms with E-state index in [1.807, 2.05) is 0 Å². The minimum absolute atomic E-state index is 0.197. The van der Waals surface area contributed by atoms with E-state index in [0.29, 0.717) is 22.6 Å². The van der Waals surface area contributed by atoms with Crippen LogP contribution < -0.4 is 4.74 Å². The van der Waals surface area contributed by atoms with Gasteiger partial charge in [-0.05, 0) is 36.4 Å². The van der Waals surface area contributed by atoms with Crippen molar-refractivity contribution < 1.29 is 14.3 Å². The number of methoxy groups -OCH3 is 1. The lowest BCUT2D eigenvalue weighted by molar-refractivity contribution is 0.103. The highest BCUT2D eigenvalue weighted by molar-refractivity contribution is 6.12. The van der Waals surface area contributed by atoms with Gasteiger partial charge in [0, 0.05) is 11.1 Å². The van der Waals surface area contributed by atoms with E-state index in [2.05, 4.69) is 4.99 Å². The second-order valence-electron chi connectivity index (χ2n) is 3.78. The molecule has 0 fully saturated rings. The number of ketones is 1. The number of para-hydroxylation sites is 1. The van der Waals surface area contributed by atoms with Crippen LogP contribution in [0.1, 0.15) is 15.9 Å². The van der Waals surface area contributed by atoms with Gasteiger partial charge in [0.15, 0.2) is 5.78 Å². The molecule has 2 aromatic carbocycles. The molecule has 2 aromatic rings. The maximum absolute atomic E-state index is 12.3. The quantitative estimate of drug-likeness (QED) is 0.478. The summed E-state index contributed by atoms with van der Waals surface area (Å²) in [5.74, 6) is 0.480. The van der Waals surface area contributed by atoms with Gasteiger partial charge in [-0.25, -0.2) is 4.79 Å². The largest absolute Gasteiger partial charge is 0.497 e. The Morgan fingerprint density at radius 3 is 2.42 bits per heavy atom. The van der Waals surface area contributed by atoms with Crippen LogP contribution in [0.4, 0.5) is 5.69 Å². The van der Waals surface area contributed by atoms with Crippen LogP contribution in [0.5, 0.6) is 5.75 Å². The molecule has 0 heterocycles. The predicted molar refractivity (Wildman–Crippen MR) is 70.7 cm³/mol. The summed E-state index contributed by atoms with van der Waals surface area (Å²) >= 11 is 0. The molecular formula is C15H11NO3. The Bertz CT molecular complexity index is 641. The SMILES string of the molecule is COc1ccc(C(=O)c2ccccc2N=C=O)cc1. The summed E-state index contributed by atoms with van der Waals surface area (Å²) in [4.78, 5) is 26.2. The van der Waals surface area contributed by atoms with Gasteiger partial charge >= 0.3 is 0 Å². The van der Waals surface area contributed by atoms with Crippen molar-refractivity contribution in [3.05, 3.63) is 59.7 Å². The van der Waals surface area contributed by atoms with Crippen molar-refractivity contribution in [2.45, 2.75) is 0 Å². The molecule has 0 aliphatic carbocycles. The smallest absolute Gasteiger partial charge is 0.240 e. The summed E-state index contributed by atoms with van der Waals surface area (Å²) < 4.78 is 5.04. The number of carbonyl (C=O) groups is 1. The standard InChI is InChI=1S/C15H11NO3/c1-19-12-8-6-11(7-9-12)15(18)13-4-2-3-5-14(13)16-10-17/h2-9H,1H3. The highest BCUT2D eigenvalue weighted by Gasteiger charge is 2.12. The van der Waals surface area contributed by atoms with Crippen molar-refractivity contribution in [3.63, 3.8) is 0 Å². The fraction of sp³-hybridized carbons (Fsp3) is 0.0667. The van der Waals surface area contributed by atoms with E-state index in [9.17, 15) is 9.59 Å². The van der Waals surface area contributed by atoms with Crippen molar-refractivity contribution in [1.82, 2.24) is 0 Å². The Hall–Kier alpha value is -2.71. The lowest BCUT2D eigenvalue weighted by Gasteiger charge is -2.05. The van der Waals surface area contributed by atoms with Crippen LogP contribution in [-0.2, 0) is 4.79 Å². The highest BCUT2D eigenvalue weighted by atomic mass is 16.5. The molecule has 0 N–H and O–H groups in total. The van der Waals surface area contributed by atoms with E-state index in [1.54, 1.807) is 55.6 Å². The van der Waals surface area contributed by atoms with Crippen LogP contribution in [0.25, 0.3) is 0 Å². The maximum atomic E-state index is 12.3. The molecule has 0 amide bonds. The predicted octanol–water partition coefficient (Wildman–Crippen LogP) is 2.89. The zero-order valence-corrected chi connectivity index (χ0v) is 10.3. The molecule has 0 unspecified atom stereocenters. The van der Waals surface area contributed by atoms with Gasteiger partial charge in [-0.3, -0.25) is 4.79 Å². The molecule has 0 bridgehead atoms. The molecule has 0 atom stereocenters. The first-order valence-corrected chi connectivity index (χ1v) is 5.62. The van der Waals surface area contributed by atoms with Gasteiger partial charge in [0.1, 0.15) is 5.75 Å². The van der Waals surface area contributed by atoms with E-state index >= 15 is 0 Å². The first-order valence-electron chi connectivity index (χ1n) is 5.62. The molecule has 0 aliphatic rings. The molecule has 19 heavy (non-hydrogen) atoms. The van der Waals surface area contributed by atoms with Gasteiger partial charge in [0.05, 0.1) is 12.8 Å². The number of ether oxygens (including phenoxy) is 1. The average molecular weight is 253 g/mol. The maximum Gasteiger partial charge on any atom is 0.240 e. The van der Waals surface area contributed by atoms with Crippen molar-refractivity contribution in [2.75, 3.05) is 7.11 Å². The summed E-state index contributed by atoms with van der Waals surface area (Å²) in [5.41, 5.74) is 1.20. The van der Waals surface area contributed by atoms with E-state index in [-0.39, 0.29) is 5.78 Å². The second-order valence-corrected chi connectivity index (χ2v) is 3.78. The summed E-state index contributed by atoms with van der Waals surface area (Å²) in [5, 5.41) is 0. The molecule has 0 aromatic heterocycles. The number of hydrogen-bond acceptors (Lipinski definition) is 4. The second kappa shape index (κ2) is 5.76. The number of aliphatic imine (C=N–C) groups is 1. The first kappa shape index (κ1) is 12.7. The Balaban J connectivity index is 2.40. The summed E-state index contributed by atoms with van der Waals surface area (Å²) in [6.07, 6.45) is 1.45. The average Bonchev–Trinajstić information content (AvgIpc) is 2.47. The molecular weight excluding hydrogens is 242 g/mol. The van der Waals surface area contributed by atoms with Gasteiger partial charge < -0.3 is 4.74 Å². The van der Waals surface area contributed by atoms with Crippen LogP contribution in [-0.4, -0.2) is 19.0 Å². The molecule has 2 rings (SSSR count). The van der Waals surface area contributed by atoms with Gasteiger partial charge in [-0.15, -0.1) is 0 Å². The third-order valence-electron chi connectivity index (χ3n) is 2.67. The molecule has 0 saturated heterocycles. The van der Waals surface area contributed by atoms with Crippen LogP contribution in [0.3, 0.4) is 0 Å². The van der Waals surface area contributed by atoms with Crippen molar-refractivity contribution in [3.8, 4) is 5.75 Å². The normalized spacial score (nSPS) is 9.53. The first-order chi connectivity index (χ1) is 9.26. The Labute approximate surface area is 110 Å². The third-order valence-corrected chi connectivity index (χ3v) is 2.67. The van der Waals surface area contributed by atoms with E-state index in [0.717, 1.165) is 0 Å². The topological polar surface area (TPSA) is 55.7 Å². The Morgan fingerprint density at radius 1 is 1.11 bits per heavy atom. The van der Waals surface area contributed by atoms with Gasteiger partial charge in [-0.2, -0.15) is 4.99 Å². The number of hydrogen-bond donors (Lipinski definition) is 0. The summed E-state index contributed by atoms with van der Waals surface area (Å²) in [6.45, 7) is 0. The highest BCUT2D eigenvalue weighted by Crippen LogP contribution is 2.22. The number of benzene rings is 2. The number of carbonyl (C=O) groups excluding carboxylic acids is 2. The minimum Gasteiger partial charge on any atom is -0.497 e. The number of rotatable bonds is 4. The van der Waals surface area contributed by atoms with Crippen LogP contribution in [0, 0.1) is 0 Å². The molecule has 0 radical (unpaired) electrons. The van der Waals surface area contributed by atoms with E-state index in [1.165, 1.54) is 6.08 Å². The monoisotopic (exact) mass is 253 g/mol.